The van der Waals surface area contributed by atoms with E-state index in [0.29, 0.717) is 19.3 Å². The maximum absolute atomic E-state index is 6.14. The molecule has 4 heteroatoms. The Labute approximate surface area is 161 Å². The summed E-state index contributed by atoms with van der Waals surface area (Å²) < 4.78 is 12.3. The van der Waals surface area contributed by atoms with Gasteiger partial charge in [0.1, 0.15) is 18.5 Å². The molecule has 0 aliphatic carbocycles. The van der Waals surface area contributed by atoms with Gasteiger partial charge < -0.3 is 20.5 Å². The highest BCUT2D eigenvalue weighted by Crippen LogP contribution is 2.25. The molecule has 1 atom stereocenters. The topological polar surface area (TPSA) is 56.5 Å². The van der Waals surface area contributed by atoms with Gasteiger partial charge in [-0.15, -0.1) is 0 Å². The first-order valence-electron chi connectivity index (χ1n) is 9.42. The van der Waals surface area contributed by atoms with E-state index in [0.717, 1.165) is 28.9 Å². The molecule has 0 saturated carbocycles. The molecule has 0 radical (unpaired) electrons. The lowest BCUT2D eigenvalue weighted by atomic mass is 10.1. The van der Waals surface area contributed by atoms with Crippen molar-refractivity contribution in [1.82, 2.24) is 5.32 Å². The van der Waals surface area contributed by atoms with Gasteiger partial charge in [0, 0.05) is 23.7 Å². The Morgan fingerprint density at radius 1 is 0.963 bits per heavy atom. The van der Waals surface area contributed by atoms with Crippen molar-refractivity contribution >= 4 is 16.5 Å². The lowest BCUT2D eigenvalue weighted by Crippen LogP contribution is -2.37. The Hall–Kier alpha value is -2.56. The minimum absolute atomic E-state index is 0.0622. The smallest absolute Gasteiger partial charge is 0.127 e. The fourth-order valence-corrected chi connectivity index (χ4v) is 2.93. The van der Waals surface area contributed by atoms with E-state index in [1.807, 2.05) is 48.5 Å². The molecule has 0 aliphatic rings. The molecule has 0 fully saturated rings. The fraction of sp³-hybridized carbons (Fsp3) is 0.304. The van der Waals surface area contributed by atoms with E-state index in [9.17, 15) is 0 Å². The van der Waals surface area contributed by atoms with Gasteiger partial charge >= 0.3 is 0 Å². The van der Waals surface area contributed by atoms with Crippen LogP contribution in [-0.4, -0.2) is 25.3 Å². The van der Waals surface area contributed by atoms with Crippen molar-refractivity contribution in [2.24, 2.45) is 0 Å². The minimum Gasteiger partial charge on any atom is -0.490 e. The molecule has 0 aliphatic heterocycles. The van der Waals surface area contributed by atoms with Crippen molar-refractivity contribution in [1.29, 1.82) is 0 Å². The number of rotatable bonds is 9. The number of benzene rings is 3. The summed E-state index contributed by atoms with van der Waals surface area (Å²) in [7, 11) is 0. The first kappa shape index (κ1) is 19.2. The standard InChI is InChI=1S/C23H28N2O2/c1-17(2)25-14-21(26-15-18-7-5-10-20(24)13-18)16-27-23-12-6-9-19-8-3-4-11-22(19)23/h3-13,17,21,25H,14-16,24H2,1-2H3. The average Bonchev–Trinajstić information content (AvgIpc) is 2.67. The van der Waals surface area contributed by atoms with Crippen LogP contribution in [0.25, 0.3) is 10.8 Å². The molecule has 1 unspecified atom stereocenters. The number of fused-ring (bicyclic) bond motifs is 1. The summed E-state index contributed by atoms with van der Waals surface area (Å²) in [5.74, 6) is 0.884. The van der Waals surface area contributed by atoms with Crippen LogP contribution in [0.15, 0.2) is 66.7 Å². The normalized spacial score (nSPS) is 12.4. The quantitative estimate of drug-likeness (QED) is 0.553. The van der Waals surface area contributed by atoms with E-state index >= 15 is 0 Å². The molecule has 3 N–H and O–H groups in total. The van der Waals surface area contributed by atoms with Gasteiger partial charge in [0.2, 0.25) is 0 Å². The highest BCUT2D eigenvalue weighted by molar-refractivity contribution is 5.88. The highest BCUT2D eigenvalue weighted by atomic mass is 16.5. The van der Waals surface area contributed by atoms with Crippen LogP contribution in [0.2, 0.25) is 0 Å². The Morgan fingerprint density at radius 2 is 1.74 bits per heavy atom. The average molecular weight is 364 g/mol. The van der Waals surface area contributed by atoms with Crippen LogP contribution in [0.4, 0.5) is 5.69 Å². The second-order valence-corrected chi connectivity index (χ2v) is 7.03. The van der Waals surface area contributed by atoms with Crippen molar-refractivity contribution in [2.75, 3.05) is 18.9 Å². The number of nitrogen functional groups attached to an aromatic ring is 1. The number of hydrogen-bond donors (Lipinski definition) is 2. The number of ether oxygens (including phenoxy) is 2. The monoisotopic (exact) mass is 364 g/mol. The third-order valence-electron chi connectivity index (χ3n) is 4.36. The van der Waals surface area contributed by atoms with Crippen LogP contribution < -0.4 is 15.8 Å². The Kier molecular flexibility index (Phi) is 6.69. The van der Waals surface area contributed by atoms with E-state index in [-0.39, 0.29) is 6.10 Å². The second kappa shape index (κ2) is 9.40. The van der Waals surface area contributed by atoms with E-state index in [2.05, 4.69) is 37.4 Å². The molecule has 4 nitrogen and oxygen atoms in total. The lowest BCUT2D eigenvalue weighted by molar-refractivity contribution is 0.00959. The summed E-state index contributed by atoms with van der Waals surface area (Å²) in [5.41, 5.74) is 7.67. The molecular weight excluding hydrogens is 336 g/mol. The van der Waals surface area contributed by atoms with Gasteiger partial charge in [-0.25, -0.2) is 0 Å². The van der Waals surface area contributed by atoms with E-state index in [4.69, 9.17) is 15.2 Å². The van der Waals surface area contributed by atoms with Gasteiger partial charge in [0.25, 0.3) is 0 Å². The largest absolute Gasteiger partial charge is 0.490 e. The third kappa shape index (κ3) is 5.71. The molecule has 0 amide bonds. The second-order valence-electron chi connectivity index (χ2n) is 7.03. The van der Waals surface area contributed by atoms with E-state index in [1.165, 1.54) is 5.39 Å². The summed E-state index contributed by atoms with van der Waals surface area (Å²) in [6, 6.07) is 22.5. The van der Waals surface area contributed by atoms with Crippen LogP contribution in [0.5, 0.6) is 5.75 Å². The molecule has 0 aromatic heterocycles. The Bertz CT molecular complexity index is 858. The van der Waals surface area contributed by atoms with Crippen LogP contribution in [0.3, 0.4) is 0 Å². The maximum Gasteiger partial charge on any atom is 0.127 e. The minimum atomic E-state index is -0.0622. The van der Waals surface area contributed by atoms with Gasteiger partial charge in [0.05, 0.1) is 6.61 Å². The molecule has 3 aromatic rings. The lowest BCUT2D eigenvalue weighted by Gasteiger charge is -2.21. The first-order valence-corrected chi connectivity index (χ1v) is 9.42. The predicted octanol–water partition coefficient (Wildman–Crippen LogP) is 4.38. The van der Waals surface area contributed by atoms with Gasteiger partial charge in [-0.2, -0.15) is 0 Å². The third-order valence-corrected chi connectivity index (χ3v) is 4.36. The van der Waals surface area contributed by atoms with Crippen molar-refractivity contribution in [3.05, 3.63) is 72.3 Å². The Balaban J connectivity index is 1.65. The zero-order chi connectivity index (χ0) is 19.1. The summed E-state index contributed by atoms with van der Waals surface area (Å²) in [6.45, 7) is 5.97. The number of nitrogens with two attached hydrogens (primary N) is 1. The first-order chi connectivity index (χ1) is 13.1. The summed E-state index contributed by atoms with van der Waals surface area (Å²) in [6.07, 6.45) is -0.0622. The molecule has 0 bridgehead atoms. The van der Waals surface area contributed by atoms with Crippen molar-refractivity contribution in [2.45, 2.75) is 32.6 Å². The van der Waals surface area contributed by atoms with Crippen molar-refractivity contribution in [3.63, 3.8) is 0 Å². The molecule has 0 spiro atoms. The SMILES string of the molecule is CC(C)NCC(COc1cccc2ccccc12)OCc1cccc(N)c1. The zero-order valence-electron chi connectivity index (χ0n) is 16.0. The molecule has 0 saturated heterocycles. The fourth-order valence-electron chi connectivity index (χ4n) is 2.93. The van der Waals surface area contributed by atoms with Crippen LogP contribution >= 0.6 is 0 Å². The predicted molar refractivity (Wildman–Crippen MR) is 112 cm³/mol. The van der Waals surface area contributed by atoms with Crippen molar-refractivity contribution in [3.8, 4) is 5.75 Å². The molecule has 0 heterocycles. The molecular formula is C23H28N2O2. The summed E-state index contributed by atoms with van der Waals surface area (Å²) >= 11 is 0. The highest BCUT2D eigenvalue weighted by Gasteiger charge is 2.13. The molecule has 142 valence electrons. The molecule has 27 heavy (non-hydrogen) atoms. The van der Waals surface area contributed by atoms with Gasteiger partial charge in [-0.05, 0) is 29.1 Å². The zero-order valence-corrected chi connectivity index (χ0v) is 16.0. The summed E-state index contributed by atoms with van der Waals surface area (Å²) in [4.78, 5) is 0. The van der Waals surface area contributed by atoms with E-state index < -0.39 is 0 Å². The maximum atomic E-state index is 6.14. The van der Waals surface area contributed by atoms with Gasteiger partial charge in [0.15, 0.2) is 0 Å². The number of nitrogens with one attached hydrogen (secondary N) is 1. The van der Waals surface area contributed by atoms with Crippen LogP contribution in [0, 0.1) is 0 Å². The van der Waals surface area contributed by atoms with Gasteiger partial charge in [-0.3, -0.25) is 0 Å². The molecule has 3 aromatic carbocycles. The molecule has 3 rings (SSSR count). The number of hydrogen-bond acceptors (Lipinski definition) is 4. The number of anilines is 1. The Morgan fingerprint density at radius 3 is 2.56 bits per heavy atom. The van der Waals surface area contributed by atoms with Crippen LogP contribution in [-0.2, 0) is 11.3 Å². The van der Waals surface area contributed by atoms with Gasteiger partial charge in [-0.1, -0.05) is 62.4 Å². The summed E-state index contributed by atoms with van der Waals surface area (Å²) in [5, 5.41) is 5.73. The van der Waals surface area contributed by atoms with Crippen LogP contribution in [0.1, 0.15) is 19.4 Å². The van der Waals surface area contributed by atoms with E-state index in [1.54, 1.807) is 0 Å². The van der Waals surface area contributed by atoms with Crippen molar-refractivity contribution < 1.29 is 9.47 Å².